The zero-order chi connectivity index (χ0) is 17.1. The molecule has 1 N–H and O–H groups in total. The molecule has 1 heterocycles. The summed E-state index contributed by atoms with van der Waals surface area (Å²) in [6.07, 6.45) is 1.44. The molecule has 0 saturated heterocycles. The van der Waals surface area contributed by atoms with Crippen LogP contribution in [0.5, 0.6) is 0 Å². The van der Waals surface area contributed by atoms with Gasteiger partial charge in [0.15, 0.2) is 0 Å². The molecule has 23 heavy (non-hydrogen) atoms. The van der Waals surface area contributed by atoms with Crippen LogP contribution in [0, 0.1) is 6.92 Å². The molecule has 1 aromatic heterocycles. The summed E-state index contributed by atoms with van der Waals surface area (Å²) < 4.78 is 1.58. The van der Waals surface area contributed by atoms with Gasteiger partial charge in [0.1, 0.15) is 6.54 Å². The Bertz CT molecular complexity index is 740. The van der Waals surface area contributed by atoms with Crippen molar-refractivity contribution in [2.75, 3.05) is 6.54 Å². The molecule has 122 valence electrons. The summed E-state index contributed by atoms with van der Waals surface area (Å²) in [6, 6.07) is 6.94. The van der Waals surface area contributed by atoms with E-state index in [0.717, 1.165) is 0 Å². The number of amides is 1. The van der Waals surface area contributed by atoms with Gasteiger partial charge in [-0.1, -0.05) is 23.7 Å². The molecule has 1 amide bonds. The van der Waals surface area contributed by atoms with Crippen LogP contribution in [-0.4, -0.2) is 44.3 Å². The van der Waals surface area contributed by atoms with E-state index < -0.39 is 5.97 Å². The van der Waals surface area contributed by atoms with Crippen LogP contribution in [0.4, 0.5) is 0 Å². The van der Waals surface area contributed by atoms with Crippen molar-refractivity contribution in [2.24, 2.45) is 0 Å². The summed E-state index contributed by atoms with van der Waals surface area (Å²) in [5.41, 5.74) is 1.64. The van der Waals surface area contributed by atoms with Gasteiger partial charge in [0.2, 0.25) is 0 Å². The maximum absolute atomic E-state index is 12.6. The minimum absolute atomic E-state index is 0.235. The third-order valence-electron chi connectivity index (χ3n) is 3.51. The minimum atomic E-state index is -1.05. The highest BCUT2D eigenvalue weighted by Gasteiger charge is 2.25. The number of halogens is 1. The zero-order valence-corrected chi connectivity index (χ0v) is 13.9. The first-order chi connectivity index (χ1) is 10.8. The Morgan fingerprint density at radius 3 is 2.57 bits per heavy atom. The Morgan fingerprint density at radius 2 is 2.00 bits per heavy atom. The number of para-hydroxylation sites is 1. The molecule has 0 aliphatic rings. The lowest BCUT2D eigenvalue weighted by molar-refractivity contribution is -0.138. The molecule has 0 bridgehead atoms. The number of benzene rings is 1. The highest BCUT2D eigenvalue weighted by Crippen LogP contribution is 2.23. The van der Waals surface area contributed by atoms with Crippen LogP contribution in [0.1, 0.15) is 29.9 Å². The van der Waals surface area contributed by atoms with Gasteiger partial charge in [-0.05, 0) is 32.9 Å². The largest absolute Gasteiger partial charge is 0.480 e. The minimum Gasteiger partial charge on any atom is -0.480 e. The second kappa shape index (κ2) is 6.83. The Kier molecular flexibility index (Phi) is 5.05. The molecule has 7 heteroatoms. The second-order valence-corrected chi connectivity index (χ2v) is 5.83. The average Bonchev–Trinajstić information content (AvgIpc) is 2.86. The monoisotopic (exact) mass is 335 g/mol. The van der Waals surface area contributed by atoms with Crippen molar-refractivity contribution in [1.29, 1.82) is 0 Å². The fraction of sp³-hybridized carbons (Fsp3) is 0.312. The number of carbonyl (C=O) groups excluding carboxylic acids is 1. The van der Waals surface area contributed by atoms with Crippen LogP contribution < -0.4 is 0 Å². The highest BCUT2D eigenvalue weighted by molar-refractivity contribution is 6.32. The van der Waals surface area contributed by atoms with Crippen LogP contribution in [-0.2, 0) is 4.79 Å². The Hall–Kier alpha value is -2.34. The fourth-order valence-corrected chi connectivity index (χ4v) is 2.49. The topological polar surface area (TPSA) is 75.4 Å². The number of carbonyl (C=O) groups is 2. The van der Waals surface area contributed by atoms with E-state index >= 15 is 0 Å². The molecule has 1 aromatic carbocycles. The third-order valence-corrected chi connectivity index (χ3v) is 3.83. The second-order valence-electron chi connectivity index (χ2n) is 5.43. The van der Waals surface area contributed by atoms with Crippen molar-refractivity contribution in [2.45, 2.75) is 26.8 Å². The molecule has 0 unspecified atom stereocenters. The Morgan fingerprint density at radius 1 is 1.35 bits per heavy atom. The molecule has 6 nitrogen and oxygen atoms in total. The standard InChI is InChI=1S/C16H18ClN3O3/c1-10(2)19(9-15(21)22)16(23)12-8-18-20(11(12)3)14-7-5-4-6-13(14)17/h4-8,10H,9H2,1-3H3,(H,21,22). The van der Waals surface area contributed by atoms with Crippen molar-refractivity contribution in [3.63, 3.8) is 0 Å². The number of nitrogens with zero attached hydrogens (tertiary/aromatic N) is 3. The molecule has 0 radical (unpaired) electrons. The van der Waals surface area contributed by atoms with Gasteiger partial charge in [0.05, 0.1) is 28.2 Å². The van der Waals surface area contributed by atoms with E-state index in [1.165, 1.54) is 11.1 Å². The molecule has 2 rings (SSSR count). The highest BCUT2D eigenvalue weighted by atomic mass is 35.5. The summed E-state index contributed by atoms with van der Waals surface area (Å²) in [6.45, 7) is 4.94. The Labute approximate surface area is 139 Å². The van der Waals surface area contributed by atoms with Gasteiger partial charge in [0, 0.05) is 6.04 Å². The average molecular weight is 336 g/mol. The van der Waals surface area contributed by atoms with Gasteiger partial charge < -0.3 is 10.0 Å². The van der Waals surface area contributed by atoms with Crippen LogP contribution in [0.25, 0.3) is 5.69 Å². The number of hydrogen-bond acceptors (Lipinski definition) is 3. The number of aromatic nitrogens is 2. The first-order valence-corrected chi connectivity index (χ1v) is 7.53. The number of aliphatic carboxylic acids is 1. The normalized spacial score (nSPS) is 10.8. The van der Waals surface area contributed by atoms with Crippen molar-refractivity contribution >= 4 is 23.5 Å². The molecule has 0 saturated carbocycles. The van der Waals surface area contributed by atoms with Crippen LogP contribution in [0.2, 0.25) is 5.02 Å². The van der Waals surface area contributed by atoms with Gasteiger partial charge in [-0.2, -0.15) is 5.10 Å². The molecule has 0 fully saturated rings. The number of carboxylic acids is 1. The molecule has 0 spiro atoms. The van der Waals surface area contributed by atoms with Crippen LogP contribution in [0.3, 0.4) is 0 Å². The lowest BCUT2D eigenvalue weighted by Crippen LogP contribution is -2.40. The number of carboxylic acid groups (broad SMARTS) is 1. The van der Waals surface area contributed by atoms with Gasteiger partial charge in [-0.15, -0.1) is 0 Å². The smallest absolute Gasteiger partial charge is 0.323 e. The predicted molar refractivity (Wildman–Crippen MR) is 87.1 cm³/mol. The summed E-state index contributed by atoms with van der Waals surface area (Å²) in [5.74, 6) is -1.42. The van der Waals surface area contributed by atoms with E-state index in [-0.39, 0.29) is 18.5 Å². The molecule has 0 aliphatic heterocycles. The third kappa shape index (κ3) is 3.53. The SMILES string of the molecule is Cc1c(C(=O)N(CC(=O)O)C(C)C)cnn1-c1ccccc1Cl. The van der Waals surface area contributed by atoms with Gasteiger partial charge in [-0.25, -0.2) is 4.68 Å². The van der Waals surface area contributed by atoms with E-state index in [2.05, 4.69) is 5.10 Å². The molecular formula is C16H18ClN3O3. The quantitative estimate of drug-likeness (QED) is 0.911. The van der Waals surface area contributed by atoms with Crippen molar-refractivity contribution in [3.05, 3.63) is 46.7 Å². The van der Waals surface area contributed by atoms with E-state index in [1.54, 1.807) is 37.6 Å². The molecule has 0 aliphatic carbocycles. The van der Waals surface area contributed by atoms with Crippen molar-refractivity contribution in [3.8, 4) is 5.69 Å². The summed E-state index contributed by atoms with van der Waals surface area (Å²) in [7, 11) is 0. The Balaban J connectivity index is 2.40. The summed E-state index contributed by atoms with van der Waals surface area (Å²) >= 11 is 6.17. The molecular weight excluding hydrogens is 318 g/mol. The lowest BCUT2D eigenvalue weighted by atomic mass is 10.2. The van der Waals surface area contributed by atoms with E-state index in [9.17, 15) is 9.59 Å². The van der Waals surface area contributed by atoms with Crippen LogP contribution in [0.15, 0.2) is 30.5 Å². The van der Waals surface area contributed by atoms with E-state index in [1.807, 2.05) is 12.1 Å². The number of hydrogen-bond donors (Lipinski definition) is 1. The molecule has 2 aromatic rings. The summed E-state index contributed by atoms with van der Waals surface area (Å²) in [5, 5.41) is 13.7. The number of rotatable bonds is 5. The zero-order valence-electron chi connectivity index (χ0n) is 13.2. The van der Waals surface area contributed by atoms with E-state index in [4.69, 9.17) is 16.7 Å². The van der Waals surface area contributed by atoms with Gasteiger partial charge in [0.25, 0.3) is 5.91 Å². The first-order valence-electron chi connectivity index (χ1n) is 7.15. The lowest BCUT2D eigenvalue weighted by Gasteiger charge is -2.24. The van der Waals surface area contributed by atoms with Gasteiger partial charge >= 0.3 is 5.97 Å². The first kappa shape index (κ1) is 17.0. The predicted octanol–water partition coefficient (Wildman–Crippen LogP) is 2.77. The van der Waals surface area contributed by atoms with Crippen LogP contribution >= 0.6 is 11.6 Å². The van der Waals surface area contributed by atoms with E-state index in [0.29, 0.717) is 22.0 Å². The fourth-order valence-electron chi connectivity index (χ4n) is 2.28. The molecule has 0 atom stereocenters. The van der Waals surface area contributed by atoms with Crippen molar-refractivity contribution < 1.29 is 14.7 Å². The van der Waals surface area contributed by atoms with Gasteiger partial charge in [-0.3, -0.25) is 9.59 Å². The maximum atomic E-state index is 12.6. The maximum Gasteiger partial charge on any atom is 0.323 e. The van der Waals surface area contributed by atoms with Crippen molar-refractivity contribution in [1.82, 2.24) is 14.7 Å². The summed E-state index contributed by atoms with van der Waals surface area (Å²) in [4.78, 5) is 24.9.